The SMILES string of the molecule is CC(C)[Si](C1=CN(C(=O)OCc2ccccc2)C(c2cc3ccccc3[nH]2)CC1=O)(C(C)C)C(C)C. The molecule has 0 spiro atoms. The lowest BCUT2D eigenvalue weighted by Crippen LogP contribution is -2.52. The molecule has 0 saturated heterocycles. The molecular formula is C30H38N2O3Si. The van der Waals surface area contributed by atoms with E-state index in [9.17, 15) is 9.59 Å². The Kier molecular flexibility index (Phi) is 7.55. The third-order valence-corrected chi connectivity index (χ3v) is 15.0. The predicted molar refractivity (Wildman–Crippen MR) is 148 cm³/mol. The minimum atomic E-state index is -2.27. The maximum absolute atomic E-state index is 13.9. The summed E-state index contributed by atoms with van der Waals surface area (Å²) in [6.07, 6.45) is 1.69. The van der Waals surface area contributed by atoms with Crippen LogP contribution in [0.15, 0.2) is 72.1 Å². The van der Waals surface area contributed by atoms with Gasteiger partial charge in [0.25, 0.3) is 0 Å². The summed E-state index contributed by atoms with van der Waals surface area (Å²) in [7, 11) is -2.27. The van der Waals surface area contributed by atoms with E-state index in [2.05, 4.69) is 46.5 Å². The van der Waals surface area contributed by atoms with E-state index >= 15 is 0 Å². The number of ketones is 1. The van der Waals surface area contributed by atoms with Crippen molar-refractivity contribution in [1.29, 1.82) is 0 Å². The molecule has 0 radical (unpaired) electrons. The van der Waals surface area contributed by atoms with Crippen molar-refractivity contribution in [2.75, 3.05) is 0 Å². The molecule has 6 heteroatoms. The first-order chi connectivity index (χ1) is 17.2. The van der Waals surface area contributed by atoms with Crippen molar-refractivity contribution < 1.29 is 14.3 Å². The minimum absolute atomic E-state index is 0.161. The molecule has 1 unspecified atom stereocenters. The Labute approximate surface area is 215 Å². The third-order valence-electron chi connectivity index (χ3n) is 7.94. The van der Waals surface area contributed by atoms with Crippen LogP contribution in [0.3, 0.4) is 0 Å². The summed E-state index contributed by atoms with van der Waals surface area (Å²) in [6, 6.07) is 19.3. The number of allylic oxidation sites excluding steroid dienone is 1. The van der Waals surface area contributed by atoms with Crippen molar-refractivity contribution in [2.45, 2.75) is 77.2 Å². The molecule has 5 nitrogen and oxygen atoms in total. The molecule has 3 aromatic rings. The van der Waals surface area contributed by atoms with Crippen LogP contribution in [-0.4, -0.2) is 29.8 Å². The summed E-state index contributed by atoms with van der Waals surface area (Å²) >= 11 is 0. The van der Waals surface area contributed by atoms with Gasteiger partial charge in [-0.1, -0.05) is 90.1 Å². The number of nitrogens with one attached hydrogen (secondary N) is 1. The predicted octanol–water partition coefficient (Wildman–Crippen LogP) is 7.92. The number of para-hydroxylation sites is 1. The van der Waals surface area contributed by atoms with E-state index in [1.807, 2.05) is 66.9 Å². The van der Waals surface area contributed by atoms with Crippen LogP contribution < -0.4 is 0 Å². The second-order valence-corrected chi connectivity index (χ2v) is 16.7. The van der Waals surface area contributed by atoms with Gasteiger partial charge in [-0.05, 0) is 44.9 Å². The maximum atomic E-state index is 13.9. The van der Waals surface area contributed by atoms with E-state index in [0.29, 0.717) is 16.6 Å². The molecule has 2 aromatic carbocycles. The minimum Gasteiger partial charge on any atom is -0.444 e. The molecule has 0 saturated carbocycles. The Balaban J connectivity index is 1.79. The molecule has 1 N–H and O–H groups in total. The zero-order valence-electron chi connectivity index (χ0n) is 22.2. The molecule has 2 heterocycles. The number of amides is 1. The fourth-order valence-electron chi connectivity index (χ4n) is 6.48. The Hall–Kier alpha value is -3.12. The topological polar surface area (TPSA) is 62.4 Å². The molecule has 1 amide bonds. The number of ether oxygens (including phenoxy) is 1. The van der Waals surface area contributed by atoms with Gasteiger partial charge >= 0.3 is 6.09 Å². The number of fused-ring (bicyclic) bond motifs is 1. The number of aromatic nitrogens is 1. The number of nitrogens with zero attached hydrogens (tertiary/aromatic N) is 1. The zero-order chi connectivity index (χ0) is 26.0. The summed E-state index contributed by atoms with van der Waals surface area (Å²) in [5.74, 6) is 0.161. The number of hydrogen-bond donors (Lipinski definition) is 1. The van der Waals surface area contributed by atoms with E-state index in [1.54, 1.807) is 4.90 Å². The van der Waals surface area contributed by atoms with E-state index in [0.717, 1.165) is 27.4 Å². The molecule has 0 bridgehead atoms. The normalized spacial score (nSPS) is 16.8. The fraction of sp³-hybridized carbons (Fsp3) is 0.400. The average Bonchev–Trinajstić information content (AvgIpc) is 3.28. The molecule has 1 atom stereocenters. The smallest absolute Gasteiger partial charge is 0.414 e. The summed E-state index contributed by atoms with van der Waals surface area (Å²) in [4.78, 5) is 32.6. The quantitative estimate of drug-likeness (QED) is 0.334. The molecule has 0 fully saturated rings. The lowest BCUT2D eigenvalue weighted by atomic mass is 10.0. The van der Waals surface area contributed by atoms with E-state index in [1.165, 1.54) is 0 Å². The van der Waals surface area contributed by atoms with Gasteiger partial charge in [0, 0.05) is 23.8 Å². The van der Waals surface area contributed by atoms with Crippen LogP contribution in [0.25, 0.3) is 10.9 Å². The van der Waals surface area contributed by atoms with Crippen LogP contribution in [0, 0.1) is 0 Å². The molecule has 4 rings (SSSR count). The molecular weight excluding hydrogens is 464 g/mol. The summed E-state index contributed by atoms with van der Waals surface area (Å²) in [5, 5.41) is 1.93. The number of Topliss-reactive ketones (excluding diaryl/α,β-unsaturated/α-hetero) is 1. The summed E-state index contributed by atoms with van der Waals surface area (Å²) < 4.78 is 5.80. The second kappa shape index (κ2) is 10.5. The van der Waals surface area contributed by atoms with Crippen molar-refractivity contribution in [2.24, 2.45) is 0 Å². The van der Waals surface area contributed by atoms with Crippen molar-refractivity contribution >= 4 is 30.9 Å². The number of benzene rings is 2. The van der Waals surface area contributed by atoms with Crippen molar-refractivity contribution in [1.82, 2.24) is 9.88 Å². The molecule has 1 aliphatic heterocycles. The van der Waals surface area contributed by atoms with Gasteiger partial charge in [-0.2, -0.15) is 0 Å². The third kappa shape index (κ3) is 4.66. The first-order valence-electron chi connectivity index (χ1n) is 13.0. The van der Waals surface area contributed by atoms with Crippen LogP contribution >= 0.6 is 0 Å². The van der Waals surface area contributed by atoms with Crippen molar-refractivity contribution in [3.8, 4) is 0 Å². The van der Waals surface area contributed by atoms with Crippen LogP contribution in [0.4, 0.5) is 4.79 Å². The summed E-state index contributed by atoms with van der Waals surface area (Å²) in [5.41, 5.74) is 3.85. The highest BCUT2D eigenvalue weighted by atomic mass is 28.3. The van der Waals surface area contributed by atoms with Crippen LogP contribution in [-0.2, 0) is 16.1 Å². The van der Waals surface area contributed by atoms with Crippen LogP contribution in [0.1, 0.15) is 65.3 Å². The van der Waals surface area contributed by atoms with Crippen LogP contribution in [0.2, 0.25) is 16.6 Å². The molecule has 0 aliphatic carbocycles. The van der Waals surface area contributed by atoms with E-state index in [-0.39, 0.29) is 18.8 Å². The highest BCUT2D eigenvalue weighted by molar-refractivity contribution is 6.93. The zero-order valence-corrected chi connectivity index (χ0v) is 23.2. The monoisotopic (exact) mass is 502 g/mol. The van der Waals surface area contributed by atoms with Crippen molar-refractivity contribution in [3.63, 3.8) is 0 Å². The van der Waals surface area contributed by atoms with Gasteiger partial charge in [-0.25, -0.2) is 4.79 Å². The fourth-order valence-corrected chi connectivity index (χ4v) is 13.3. The number of carbonyl (C=O) groups excluding carboxylic acids is 2. The molecule has 1 aliphatic rings. The van der Waals surface area contributed by atoms with Crippen LogP contribution in [0.5, 0.6) is 0 Å². The average molecular weight is 503 g/mol. The van der Waals surface area contributed by atoms with Gasteiger partial charge in [0.2, 0.25) is 0 Å². The number of H-pyrrole nitrogens is 1. The number of carbonyl (C=O) groups is 2. The van der Waals surface area contributed by atoms with Gasteiger partial charge in [0.05, 0.1) is 6.04 Å². The second-order valence-electron chi connectivity index (χ2n) is 10.8. The van der Waals surface area contributed by atoms with Gasteiger partial charge in [0.15, 0.2) is 5.78 Å². The molecule has 36 heavy (non-hydrogen) atoms. The maximum Gasteiger partial charge on any atom is 0.414 e. The number of aromatic amines is 1. The lowest BCUT2D eigenvalue weighted by molar-refractivity contribution is -0.116. The number of hydrogen-bond acceptors (Lipinski definition) is 3. The van der Waals surface area contributed by atoms with Gasteiger partial charge in [-0.3, -0.25) is 9.69 Å². The van der Waals surface area contributed by atoms with Crippen molar-refractivity contribution in [3.05, 3.63) is 83.3 Å². The highest BCUT2D eigenvalue weighted by Crippen LogP contribution is 2.49. The molecule has 1 aromatic heterocycles. The highest BCUT2D eigenvalue weighted by Gasteiger charge is 2.51. The Morgan fingerprint density at radius 3 is 2.19 bits per heavy atom. The van der Waals surface area contributed by atoms with Gasteiger partial charge in [-0.15, -0.1) is 0 Å². The Morgan fingerprint density at radius 1 is 0.972 bits per heavy atom. The van der Waals surface area contributed by atoms with E-state index < -0.39 is 20.2 Å². The lowest BCUT2D eigenvalue weighted by Gasteiger charge is -2.47. The first kappa shape index (κ1) is 26.0. The van der Waals surface area contributed by atoms with Gasteiger partial charge < -0.3 is 9.72 Å². The largest absolute Gasteiger partial charge is 0.444 e. The molecule has 190 valence electrons. The van der Waals surface area contributed by atoms with E-state index in [4.69, 9.17) is 4.74 Å². The summed E-state index contributed by atoms with van der Waals surface area (Å²) in [6.45, 7) is 13.6. The number of rotatable bonds is 7. The Bertz CT molecular complexity index is 1200. The Morgan fingerprint density at radius 2 is 1.58 bits per heavy atom. The van der Waals surface area contributed by atoms with Gasteiger partial charge in [0.1, 0.15) is 14.7 Å². The first-order valence-corrected chi connectivity index (χ1v) is 15.2. The standard InChI is InChI=1S/C30H38N2O3Si/c1-20(2)36(21(3)4,22(5)6)29-18-32(30(34)35-19-23-12-8-7-9-13-23)27(17-28(29)33)26-16-24-14-10-11-15-25(24)31-26/h7-16,18,20-22,27,31H,17,19H2,1-6H3.